The van der Waals surface area contributed by atoms with E-state index < -0.39 is 6.03 Å². The molecule has 0 aliphatic heterocycles. The second kappa shape index (κ2) is 7.26. The number of hydrogen-bond donors (Lipinski definition) is 3. The van der Waals surface area contributed by atoms with Gasteiger partial charge in [-0.15, -0.1) is 0 Å². The van der Waals surface area contributed by atoms with Crippen LogP contribution in [0.5, 0.6) is 0 Å². The molecule has 6 nitrogen and oxygen atoms in total. The molecule has 6 heteroatoms. The maximum absolute atomic E-state index is 10.9. The van der Waals surface area contributed by atoms with Gasteiger partial charge in [-0.2, -0.15) is 0 Å². The molecule has 98 valence electrons. The number of primary amides is 1. The summed E-state index contributed by atoms with van der Waals surface area (Å²) in [5.74, 6) is 1.02. The van der Waals surface area contributed by atoms with Gasteiger partial charge in [0.25, 0.3) is 0 Å². The number of guanidine groups is 1. The first-order valence-corrected chi connectivity index (χ1v) is 5.99. The van der Waals surface area contributed by atoms with Gasteiger partial charge in [-0.25, -0.2) is 9.78 Å². The minimum absolute atomic E-state index is 0.331. The summed E-state index contributed by atoms with van der Waals surface area (Å²) in [7, 11) is 0. The van der Waals surface area contributed by atoms with Gasteiger partial charge in [-0.05, 0) is 24.5 Å². The zero-order valence-corrected chi connectivity index (χ0v) is 10.7. The summed E-state index contributed by atoms with van der Waals surface area (Å²) in [6.07, 6.45) is 3.41. The lowest BCUT2D eigenvalue weighted by Crippen LogP contribution is -2.40. The van der Waals surface area contributed by atoms with Crippen molar-refractivity contribution in [1.82, 2.24) is 10.3 Å². The fraction of sp³-hybridized carbons (Fsp3) is 0.417. The van der Waals surface area contributed by atoms with Crippen molar-refractivity contribution in [3.8, 4) is 0 Å². The number of aliphatic imine (C=N–C) groups is 1. The van der Waals surface area contributed by atoms with Gasteiger partial charge in [0.1, 0.15) is 5.82 Å². The first kappa shape index (κ1) is 14.0. The third-order valence-corrected chi connectivity index (χ3v) is 2.24. The molecule has 0 unspecified atom stereocenters. The van der Waals surface area contributed by atoms with E-state index in [0.29, 0.717) is 18.3 Å². The van der Waals surface area contributed by atoms with E-state index in [1.54, 1.807) is 6.20 Å². The number of carbonyl (C=O) groups is 1. The molecule has 0 bridgehead atoms. The molecule has 1 aromatic heterocycles. The Morgan fingerprint density at radius 2 is 2.28 bits per heavy atom. The van der Waals surface area contributed by atoms with Crippen LogP contribution in [0.3, 0.4) is 0 Å². The molecule has 0 fully saturated rings. The highest BCUT2D eigenvalue weighted by atomic mass is 16.2. The van der Waals surface area contributed by atoms with E-state index in [1.807, 2.05) is 26.0 Å². The molecule has 0 spiro atoms. The monoisotopic (exact) mass is 249 g/mol. The number of nitrogens with two attached hydrogens (primary N) is 1. The van der Waals surface area contributed by atoms with Gasteiger partial charge in [0.2, 0.25) is 5.96 Å². The second-order valence-corrected chi connectivity index (χ2v) is 3.71. The summed E-state index contributed by atoms with van der Waals surface area (Å²) in [6.45, 7) is 4.65. The minimum Gasteiger partial charge on any atom is -0.351 e. The number of nitrogens with zero attached hydrogens (tertiary/aromatic N) is 2. The molecule has 0 saturated heterocycles. The lowest BCUT2D eigenvalue weighted by atomic mass is 10.2. The van der Waals surface area contributed by atoms with Gasteiger partial charge in [0.05, 0.1) is 0 Å². The molecule has 1 heterocycles. The van der Waals surface area contributed by atoms with Gasteiger partial charge < -0.3 is 11.1 Å². The van der Waals surface area contributed by atoms with E-state index in [2.05, 4.69) is 20.6 Å². The van der Waals surface area contributed by atoms with Crippen LogP contribution in [0, 0.1) is 0 Å². The Bertz CT molecular complexity index is 430. The Labute approximate surface area is 107 Å². The van der Waals surface area contributed by atoms with Crippen LogP contribution in [0.25, 0.3) is 0 Å². The fourth-order valence-corrected chi connectivity index (χ4v) is 1.40. The zero-order valence-electron chi connectivity index (χ0n) is 10.7. The third kappa shape index (κ3) is 4.40. The summed E-state index contributed by atoms with van der Waals surface area (Å²) in [6, 6.07) is 3.19. The summed E-state index contributed by atoms with van der Waals surface area (Å²) in [4.78, 5) is 19.3. The predicted molar refractivity (Wildman–Crippen MR) is 72.5 cm³/mol. The Morgan fingerprint density at radius 3 is 2.89 bits per heavy atom. The van der Waals surface area contributed by atoms with E-state index in [1.165, 1.54) is 0 Å². The van der Waals surface area contributed by atoms with Crippen molar-refractivity contribution in [2.75, 3.05) is 11.9 Å². The van der Waals surface area contributed by atoms with Crippen molar-refractivity contribution >= 4 is 17.8 Å². The Balaban J connectivity index is 2.85. The molecule has 0 aliphatic carbocycles. The summed E-state index contributed by atoms with van der Waals surface area (Å²) in [5.41, 5.74) is 6.15. The molecule has 4 N–H and O–H groups in total. The zero-order chi connectivity index (χ0) is 13.4. The van der Waals surface area contributed by atoms with Gasteiger partial charge in [-0.1, -0.05) is 19.9 Å². The van der Waals surface area contributed by atoms with E-state index in [0.717, 1.165) is 18.4 Å². The van der Waals surface area contributed by atoms with Crippen molar-refractivity contribution in [3.63, 3.8) is 0 Å². The quantitative estimate of drug-likeness (QED) is 0.557. The van der Waals surface area contributed by atoms with E-state index in [-0.39, 0.29) is 0 Å². The van der Waals surface area contributed by atoms with Crippen LogP contribution in [-0.4, -0.2) is 23.5 Å². The van der Waals surface area contributed by atoms with Crippen LogP contribution >= 0.6 is 0 Å². The molecule has 1 rings (SSSR count). The highest BCUT2D eigenvalue weighted by molar-refractivity contribution is 6.03. The first-order chi connectivity index (χ1) is 8.67. The van der Waals surface area contributed by atoms with Crippen molar-refractivity contribution in [1.29, 1.82) is 0 Å². The van der Waals surface area contributed by atoms with Crippen molar-refractivity contribution in [3.05, 3.63) is 23.9 Å². The number of rotatable bonds is 4. The SMILES string of the molecule is CCCN=C(NC(N)=O)Nc1ncccc1CC. The van der Waals surface area contributed by atoms with Crippen molar-refractivity contribution in [2.45, 2.75) is 26.7 Å². The van der Waals surface area contributed by atoms with Gasteiger partial charge in [0, 0.05) is 12.7 Å². The molecule has 1 aromatic rings. The fourth-order valence-electron chi connectivity index (χ4n) is 1.40. The third-order valence-electron chi connectivity index (χ3n) is 2.24. The number of amides is 2. The van der Waals surface area contributed by atoms with Gasteiger partial charge >= 0.3 is 6.03 Å². The van der Waals surface area contributed by atoms with E-state index in [4.69, 9.17) is 5.73 Å². The number of anilines is 1. The highest BCUT2D eigenvalue weighted by Gasteiger charge is 2.06. The molecule has 0 aromatic carbocycles. The molecule has 0 radical (unpaired) electrons. The van der Waals surface area contributed by atoms with Crippen LogP contribution in [-0.2, 0) is 6.42 Å². The Morgan fingerprint density at radius 1 is 1.50 bits per heavy atom. The maximum atomic E-state index is 10.9. The number of aromatic nitrogens is 1. The van der Waals surface area contributed by atoms with Crippen LogP contribution in [0.1, 0.15) is 25.8 Å². The predicted octanol–water partition coefficient (Wildman–Crippen LogP) is 1.49. The molecule has 0 aliphatic rings. The summed E-state index contributed by atoms with van der Waals surface area (Å²) in [5, 5.41) is 5.44. The second-order valence-electron chi connectivity index (χ2n) is 3.71. The first-order valence-electron chi connectivity index (χ1n) is 5.99. The van der Waals surface area contributed by atoms with E-state index >= 15 is 0 Å². The standard InChI is InChI=1S/C12H19N5O/c1-3-7-15-12(17-11(13)18)16-10-9(4-2)6-5-8-14-10/h5-6,8H,3-4,7H2,1-2H3,(H4,13,14,15,16,17,18). The lowest BCUT2D eigenvalue weighted by molar-refractivity contribution is 0.253. The average Bonchev–Trinajstić information content (AvgIpc) is 2.36. The normalized spacial score (nSPS) is 11.1. The van der Waals surface area contributed by atoms with Crippen LogP contribution in [0.15, 0.2) is 23.3 Å². The number of hydrogen-bond acceptors (Lipinski definition) is 3. The largest absolute Gasteiger partial charge is 0.351 e. The van der Waals surface area contributed by atoms with Gasteiger partial charge in [0.15, 0.2) is 0 Å². The number of urea groups is 1. The van der Waals surface area contributed by atoms with Crippen LogP contribution in [0.4, 0.5) is 10.6 Å². The average molecular weight is 249 g/mol. The van der Waals surface area contributed by atoms with Crippen molar-refractivity contribution < 1.29 is 4.79 Å². The summed E-state index contributed by atoms with van der Waals surface area (Å²) < 4.78 is 0. The Hall–Kier alpha value is -2.11. The molecule has 0 saturated carbocycles. The highest BCUT2D eigenvalue weighted by Crippen LogP contribution is 2.11. The molecule has 0 atom stereocenters. The number of aryl methyl sites for hydroxylation is 1. The minimum atomic E-state index is -0.647. The Kier molecular flexibility index (Phi) is 5.63. The van der Waals surface area contributed by atoms with Crippen LogP contribution < -0.4 is 16.4 Å². The van der Waals surface area contributed by atoms with Crippen LogP contribution in [0.2, 0.25) is 0 Å². The van der Waals surface area contributed by atoms with E-state index in [9.17, 15) is 4.79 Å². The summed E-state index contributed by atoms with van der Waals surface area (Å²) >= 11 is 0. The maximum Gasteiger partial charge on any atom is 0.318 e. The smallest absolute Gasteiger partial charge is 0.318 e. The lowest BCUT2D eigenvalue weighted by Gasteiger charge is -2.11. The topological polar surface area (TPSA) is 92.4 Å². The number of nitrogens with one attached hydrogen (secondary N) is 2. The molecule has 18 heavy (non-hydrogen) atoms. The molecular formula is C12H19N5O. The number of carbonyl (C=O) groups excluding carboxylic acids is 1. The van der Waals surface area contributed by atoms with Crippen molar-refractivity contribution in [2.24, 2.45) is 10.7 Å². The molecule has 2 amide bonds. The number of pyridine rings is 1. The molecular weight excluding hydrogens is 230 g/mol. The van der Waals surface area contributed by atoms with Gasteiger partial charge in [-0.3, -0.25) is 10.3 Å².